The molecule has 0 heterocycles. The summed E-state index contributed by atoms with van der Waals surface area (Å²) in [4.78, 5) is 22.9. The van der Waals surface area contributed by atoms with Crippen LogP contribution in [-0.2, 0) is 4.79 Å². The van der Waals surface area contributed by atoms with Crippen molar-refractivity contribution in [3.8, 4) is 0 Å². The maximum absolute atomic E-state index is 12.1. The molecule has 1 saturated carbocycles. The zero-order valence-electron chi connectivity index (χ0n) is 10.0. The molecule has 2 N–H and O–H groups in total. The lowest BCUT2D eigenvalue weighted by atomic mass is 10.1. The standard InChI is InChI=1S/C13H13BrClNO3/c14-10-3-1-2-9(11(10)15)12(17)16-8-5-4-7(6-8)13(18)19/h1-3,7-8H,4-6H2,(H,16,17)(H,18,19)/t7-,8+/m0/s1. The quantitative estimate of drug-likeness (QED) is 0.884. The molecule has 0 saturated heterocycles. The van der Waals surface area contributed by atoms with Crippen LogP contribution < -0.4 is 5.32 Å². The minimum Gasteiger partial charge on any atom is -0.481 e. The van der Waals surface area contributed by atoms with Crippen LogP contribution >= 0.6 is 27.5 Å². The van der Waals surface area contributed by atoms with Crippen molar-refractivity contribution >= 4 is 39.4 Å². The second-order valence-electron chi connectivity index (χ2n) is 4.62. The SMILES string of the molecule is O=C(N[C@@H]1CC[C@H](C(=O)O)C1)c1cccc(Br)c1Cl. The Kier molecular flexibility index (Phi) is 4.47. The van der Waals surface area contributed by atoms with E-state index in [0.717, 1.165) is 0 Å². The number of rotatable bonds is 3. The largest absolute Gasteiger partial charge is 0.481 e. The minimum atomic E-state index is -0.794. The summed E-state index contributed by atoms with van der Waals surface area (Å²) < 4.78 is 0.664. The van der Waals surface area contributed by atoms with Gasteiger partial charge in [-0.15, -0.1) is 0 Å². The van der Waals surface area contributed by atoms with E-state index in [1.54, 1.807) is 18.2 Å². The number of halogens is 2. The second kappa shape index (κ2) is 5.92. The molecule has 0 spiro atoms. The van der Waals surface area contributed by atoms with Crippen LogP contribution in [0.5, 0.6) is 0 Å². The molecule has 102 valence electrons. The highest BCUT2D eigenvalue weighted by Gasteiger charge is 2.30. The van der Waals surface area contributed by atoms with Crippen molar-refractivity contribution in [1.29, 1.82) is 0 Å². The van der Waals surface area contributed by atoms with Gasteiger partial charge in [0.25, 0.3) is 5.91 Å². The lowest BCUT2D eigenvalue weighted by Gasteiger charge is -2.13. The molecular weight excluding hydrogens is 334 g/mol. The van der Waals surface area contributed by atoms with E-state index in [4.69, 9.17) is 16.7 Å². The fourth-order valence-electron chi connectivity index (χ4n) is 2.28. The molecule has 19 heavy (non-hydrogen) atoms. The molecule has 1 aromatic carbocycles. The Labute approximate surface area is 124 Å². The van der Waals surface area contributed by atoms with E-state index in [1.807, 2.05) is 0 Å². The Hall–Kier alpha value is -1.07. The zero-order valence-corrected chi connectivity index (χ0v) is 12.4. The van der Waals surface area contributed by atoms with Crippen molar-refractivity contribution in [2.75, 3.05) is 0 Å². The summed E-state index contributed by atoms with van der Waals surface area (Å²) in [6.07, 6.45) is 1.77. The number of carbonyl (C=O) groups is 2. The van der Waals surface area contributed by atoms with Gasteiger partial charge in [-0.05, 0) is 47.3 Å². The van der Waals surface area contributed by atoms with Crippen molar-refractivity contribution in [3.05, 3.63) is 33.3 Å². The summed E-state index contributed by atoms with van der Waals surface area (Å²) in [6, 6.07) is 5.05. The fourth-order valence-corrected chi connectivity index (χ4v) is 2.86. The van der Waals surface area contributed by atoms with E-state index in [-0.39, 0.29) is 17.9 Å². The van der Waals surface area contributed by atoms with Crippen molar-refractivity contribution in [2.24, 2.45) is 5.92 Å². The third-order valence-corrected chi connectivity index (χ3v) is 4.61. The summed E-state index contributed by atoms with van der Waals surface area (Å²) in [5.74, 6) is -1.41. The van der Waals surface area contributed by atoms with Gasteiger partial charge >= 0.3 is 5.97 Å². The highest BCUT2D eigenvalue weighted by atomic mass is 79.9. The number of aliphatic carboxylic acids is 1. The van der Waals surface area contributed by atoms with Crippen LogP contribution in [0, 0.1) is 5.92 Å². The van der Waals surface area contributed by atoms with Gasteiger partial charge in [-0.3, -0.25) is 9.59 Å². The predicted octanol–water partition coefficient (Wildman–Crippen LogP) is 3.09. The molecule has 0 radical (unpaired) electrons. The Bertz CT molecular complexity index is 521. The van der Waals surface area contributed by atoms with Crippen molar-refractivity contribution in [3.63, 3.8) is 0 Å². The van der Waals surface area contributed by atoms with E-state index in [2.05, 4.69) is 21.2 Å². The number of nitrogens with one attached hydrogen (secondary N) is 1. The molecule has 1 aliphatic carbocycles. The number of hydrogen-bond acceptors (Lipinski definition) is 2. The van der Waals surface area contributed by atoms with Crippen LogP contribution in [0.15, 0.2) is 22.7 Å². The van der Waals surface area contributed by atoms with Gasteiger partial charge in [0, 0.05) is 10.5 Å². The maximum atomic E-state index is 12.1. The molecule has 1 aromatic rings. The van der Waals surface area contributed by atoms with Gasteiger partial charge in [-0.2, -0.15) is 0 Å². The van der Waals surface area contributed by atoms with Crippen LogP contribution in [0.2, 0.25) is 5.02 Å². The molecule has 2 rings (SSSR count). The Morgan fingerprint density at radius 3 is 2.74 bits per heavy atom. The summed E-state index contributed by atoms with van der Waals surface area (Å²) in [6.45, 7) is 0. The van der Waals surface area contributed by atoms with Crippen LogP contribution in [0.4, 0.5) is 0 Å². The normalized spacial score (nSPS) is 22.2. The highest BCUT2D eigenvalue weighted by Crippen LogP contribution is 2.28. The van der Waals surface area contributed by atoms with E-state index in [0.29, 0.717) is 34.3 Å². The summed E-state index contributed by atoms with van der Waals surface area (Å²) in [5.41, 5.74) is 0.398. The lowest BCUT2D eigenvalue weighted by Crippen LogP contribution is -2.33. The summed E-state index contributed by atoms with van der Waals surface area (Å²) >= 11 is 9.32. The molecule has 1 amide bonds. The second-order valence-corrected chi connectivity index (χ2v) is 5.85. The molecule has 2 atom stereocenters. The van der Waals surface area contributed by atoms with Crippen LogP contribution in [0.25, 0.3) is 0 Å². The number of hydrogen-bond donors (Lipinski definition) is 2. The Morgan fingerprint density at radius 2 is 2.11 bits per heavy atom. The fraction of sp³-hybridized carbons (Fsp3) is 0.385. The van der Waals surface area contributed by atoms with Gasteiger partial charge in [0.05, 0.1) is 16.5 Å². The average molecular weight is 347 g/mol. The first kappa shape index (κ1) is 14.3. The average Bonchev–Trinajstić information content (AvgIpc) is 2.81. The lowest BCUT2D eigenvalue weighted by molar-refractivity contribution is -0.141. The van der Waals surface area contributed by atoms with Gasteiger partial charge in [-0.25, -0.2) is 0 Å². The number of amides is 1. The van der Waals surface area contributed by atoms with E-state index >= 15 is 0 Å². The Morgan fingerprint density at radius 1 is 1.37 bits per heavy atom. The number of benzene rings is 1. The molecule has 0 unspecified atom stereocenters. The molecule has 0 aromatic heterocycles. The smallest absolute Gasteiger partial charge is 0.306 e. The van der Waals surface area contributed by atoms with E-state index < -0.39 is 5.97 Å². The van der Waals surface area contributed by atoms with Gasteiger partial charge in [-0.1, -0.05) is 17.7 Å². The molecule has 1 aliphatic rings. The first-order valence-electron chi connectivity index (χ1n) is 5.96. The molecule has 4 nitrogen and oxygen atoms in total. The third kappa shape index (κ3) is 3.28. The molecule has 0 bridgehead atoms. The van der Waals surface area contributed by atoms with E-state index in [9.17, 15) is 9.59 Å². The summed E-state index contributed by atoms with van der Waals surface area (Å²) in [5, 5.41) is 12.1. The zero-order chi connectivity index (χ0) is 14.0. The predicted molar refractivity (Wildman–Crippen MR) is 75.4 cm³/mol. The van der Waals surface area contributed by atoms with E-state index in [1.165, 1.54) is 0 Å². The topological polar surface area (TPSA) is 66.4 Å². The van der Waals surface area contributed by atoms with Gasteiger partial charge in [0.2, 0.25) is 0 Å². The van der Waals surface area contributed by atoms with Crippen molar-refractivity contribution in [1.82, 2.24) is 5.32 Å². The minimum absolute atomic E-state index is 0.0938. The highest BCUT2D eigenvalue weighted by molar-refractivity contribution is 9.10. The molecular formula is C13H13BrClNO3. The number of carboxylic acids is 1. The number of carboxylic acid groups (broad SMARTS) is 1. The maximum Gasteiger partial charge on any atom is 0.306 e. The monoisotopic (exact) mass is 345 g/mol. The first-order chi connectivity index (χ1) is 8.99. The third-order valence-electron chi connectivity index (χ3n) is 3.31. The first-order valence-corrected chi connectivity index (χ1v) is 7.14. The van der Waals surface area contributed by atoms with Crippen LogP contribution in [-0.4, -0.2) is 23.0 Å². The van der Waals surface area contributed by atoms with Crippen molar-refractivity contribution < 1.29 is 14.7 Å². The van der Waals surface area contributed by atoms with Crippen LogP contribution in [0.3, 0.4) is 0 Å². The summed E-state index contributed by atoms with van der Waals surface area (Å²) in [7, 11) is 0. The molecule has 6 heteroatoms. The van der Waals surface area contributed by atoms with Gasteiger partial charge in [0.15, 0.2) is 0 Å². The van der Waals surface area contributed by atoms with Crippen LogP contribution in [0.1, 0.15) is 29.6 Å². The van der Waals surface area contributed by atoms with Gasteiger partial charge < -0.3 is 10.4 Å². The Balaban J connectivity index is 2.02. The number of carbonyl (C=O) groups excluding carboxylic acids is 1. The van der Waals surface area contributed by atoms with Gasteiger partial charge in [0.1, 0.15) is 0 Å². The van der Waals surface area contributed by atoms with Crippen molar-refractivity contribution in [2.45, 2.75) is 25.3 Å². The molecule has 1 fully saturated rings. The molecule has 0 aliphatic heterocycles.